The van der Waals surface area contributed by atoms with Crippen molar-refractivity contribution in [3.63, 3.8) is 0 Å². The van der Waals surface area contributed by atoms with Crippen molar-refractivity contribution in [1.82, 2.24) is 0 Å². The summed E-state index contributed by atoms with van der Waals surface area (Å²) in [5, 5.41) is 0. The summed E-state index contributed by atoms with van der Waals surface area (Å²) in [7, 11) is 0. The first-order valence-electron chi connectivity index (χ1n) is 15.3. The van der Waals surface area contributed by atoms with Crippen LogP contribution in [-0.2, 0) is 23.7 Å². The van der Waals surface area contributed by atoms with Crippen molar-refractivity contribution in [2.45, 2.75) is 159 Å². The Hall–Kier alpha value is -0.111. The molecular weight excluding hydrogens is 559 g/mol. The van der Waals surface area contributed by atoms with Gasteiger partial charge in [0.15, 0.2) is 0 Å². The zero-order chi connectivity index (χ0) is 25.6. The third kappa shape index (κ3) is 9.27. The number of hydrogen-bond acceptors (Lipinski definition) is 5. The van der Waals surface area contributed by atoms with Gasteiger partial charge in [0.25, 0.3) is 0 Å². The van der Waals surface area contributed by atoms with Gasteiger partial charge >= 0.3 is 219 Å². The molecule has 0 N–H and O–H groups in total. The number of hydrogen-bond donors (Lipinski definition) is 0. The summed E-state index contributed by atoms with van der Waals surface area (Å²) in [6.07, 6.45) is 19.9. The van der Waals surface area contributed by atoms with Crippen LogP contribution in [0.4, 0.5) is 0 Å². The normalized spacial score (nSPS) is 31.3. The second kappa shape index (κ2) is 16.8. The molecule has 208 valence electrons. The fourth-order valence-corrected chi connectivity index (χ4v) is 21.6. The van der Waals surface area contributed by atoms with Crippen molar-refractivity contribution < 1.29 is 23.7 Å². The molecule has 6 heteroatoms. The van der Waals surface area contributed by atoms with Crippen LogP contribution < -0.4 is 0 Å². The molecule has 0 aromatic rings. The predicted molar refractivity (Wildman–Crippen MR) is 149 cm³/mol. The molecule has 0 saturated carbocycles. The van der Waals surface area contributed by atoms with E-state index < -0.39 is 18.4 Å². The molecule has 0 aromatic heterocycles. The molecule has 3 saturated heterocycles. The topological polar surface area (TPSA) is 54.0 Å². The third-order valence-electron chi connectivity index (χ3n) is 8.79. The number of aldehydes is 1. The van der Waals surface area contributed by atoms with Gasteiger partial charge in [-0.2, -0.15) is 0 Å². The van der Waals surface area contributed by atoms with E-state index in [1.165, 1.54) is 56.3 Å². The van der Waals surface area contributed by atoms with E-state index in [0.717, 1.165) is 51.4 Å². The van der Waals surface area contributed by atoms with Gasteiger partial charge in [0.2, 0.25) is 0 Å². The molecule has 0 amide bonds. The second-order valence-corrected chi connectivity index (χ2v) is 25.6. The maximum absolute atomic E-state index is 11.5. The summed E-state index contributed by atoms with van der Waals surface area (Å²) < 4.78 is 31.3. The van der Waals surface area contributed by atoms with Gasteiger partial charge in [0, 0.05) is 6.61 Å². The molecule has 0 aromatic carbocycles. The van der Waals surface area contributed by atoms with E-state index in [0.29, 0.717) is 6.42 Å². The first-order valence-corrected chi connectivity index (χ1v) is 23.4. The summed E-state index contributed by atoms with van der Waals surface area (Å²) in [5.41, 5.74) is 0. The number of carbonyl (C=O) groups is 1. The molecule has 0 bridgehead atoms. The minimum absolute atomic E-state index is 0.0303. The molecule has 0 aliphatic carbocycles. The van der Waals surface area contributed by atoms with Gasteiger partial charge in [0.1, 0.15) is 0 Å². The van der Waals surface area contributed by atoms with Crippen molar-refractivity contribution in [3.05, 3.63) is 12.3 Å². The van der Waals surface area contributed by atoms with Gasteiger partial charge < -0.3 is 0 Å². The Morgan fingerprint density at radius 1 is 0.806 bits per heavy atom. The molecule has 5 nitrogen and oxygen atoms in total. The van der Waals surface area contributed by atoms with Crippen LogP contribution >= 0.6 is 0 Å². The number of carbonyl (C=O) groups excluding carboxylic acids is 1. The average Bonchev–Trinajstić information content (AvgIpc) is 3.17. The number of ether oxygens (including phenoxy) is 4. The van der Waals surface area contributed by atoms with Crippen molar-refractivity contribution in [2.75, 3.05) is 6.61 Å². The van der Waals surface area contributed by atoms with Crippen LogP contribution in [0.2, 0.25) is 17.7 Å². The third-order valence-corrected chi connectivity index (χ3v) is 24.0. The van der Waals surface area contributed by atoms with Crippen LogP contribution in [0.25, 0.3) is 0 Å². The van der Waals surface area contributed by atoms with E-state index in [4.69, 9.17) is 18.9 Å². The summed E-state index contributed by atoms with van der Waals surface area (Å²) in [6, 6.07) is 0. The van der Waals surface area contributed by atoms with Crippen LogP contribution in [0.15, 0.2) is 12.3 Å². The fourth-order valence-electron chi connectivity index (χ4n) is 6.55. The van der Waals surface area contributed by atoms with Crippen LogP contribution in [0.3, 0.4) is 0 Å². The van der Waals surface area contributed by atoms with E-state index in [1.54, 1.807) is 0 Å². The maximum atomic E-state index is 11.5. The van der Waals surface area contributed by atoms with Gasteiger partial charge in [-0.1, -0.05) is 0 Å². The van der Waals surface area contributed by atoms with E-state index in [9.17, 15) is 4.79 Å². The van der Waals surface area contributed by atoms with Crippen LogP contribution in [-0.4, -0.2) is 67.9 Å². The first kappa shape index (κ1) is 30.4. The zero-order valence-corrected chi connectivity index (χ0v) is 26.3. The molecule has 0 unspecified atom stereocenters. The van der Waals surface area contributed by atoms with Gasteiger partial charge in [-0.25, -0.2) is 0 Å². The van der Waals surface area contributed by atoms with Gasteiger partial charge in [-0.3, -0.25) is 0 Å². The summed E-state index contributed by atoms with van der Waals surface area (Å²) in [5.74, 6) is 0. The van der Waals surface area contributed by atoms with Crippen molar-refractivity contribution in [3.8, 4) is 0 Å². The quantitative estimate of drug-likeness (QED) is 0.108. The number of rotatable bonds is 15. The molecule has 3 fully saturated rings. The summed E-state index contributed by atoms with van der Waals surface area (Å²) >= 11 is -2.20. The van der Waals surface area contributed by atoms with Crippen LogP contribution in [0.1, 0.15) is 104 Å². The molecular formula is C30H54O5Sn. The number of allylic oxidation sites excluding steroid dienone is 1. The van der Waals surface area contributed by atoms with E-state index >= 15 is 0 Å². The average molecular weight is 613 g/mol. The Kier molecular flexibility index (Phi) is 14.2. The monoisotopic (exact) mass is 614 g/mol. The van der Waals surface area contributed by atoms with E-state index in [1.807, 2.05) is 6.26 Å². The Morgan fingerprint density at radius 2 is 1.42 bits per heavy atom. The molecule has 36 heavy (non-hydrogen) atoms. The zero-order valence-electron chi connectivity index (χ0n) is 23.5. The first-order chi connectivity index (χ1) is 17.6. The van der Waals surface area contributed by atoms with Crippen LogP contribution in [0, 0.1) is 0 Å². The van der Waals surface area contributed by atoms with Crippen LogP contribution in [0.5, 0.6) is 0 Å². The predicted octanol–water partition coefficient (Wildman–Crippen LogP) is 7.60. The SMILES string of the molecule is CCC[CH2][Sn]([CH2]/C=C\O[C@H]1CC[C@H]2O[C@@H]3CCCO[C@@H]3CC[C@@H]2O[C@@H]1CC=O)([CH2]CCC)[CH2]CCC. The molecule has 3 aliphatic rings. The number of unbranched alkanes of at least 4 members (excludes halogenated alkanes) is 3. The standard InChI is InChI=1S/C18H27O5.3C4H9.Sn/c1-2-11-20-14-6-8-16-17(23-18(14)9-10-19)7-5-13-15(22-16)4-3-12-21-13;3*1-3-4-2;/h2,10-11,13-18H,1,3-9,12H2;3*1,3-4H2,2H3;/b11-2-;;;;/t13-,14+,15-,16-,17+,18-;;;;/m1..../s1. The Bertz CT molecular complexity index is 619. The van der Waals surface area contributed by atoms with Crippen molar-refractivity contribution in [2.24, 2.45) is 0 Å². The molecule has 3 rings (SSSR count). The molecule has 3 aliphatic heterocycles. The molecule has 6 atom stereocenters. The van der Waals surface area contributed by atoms with Gasteiger partial charge in [-0.15, -0.1) is 0 Å². The van der Waals surface area contributed by atoms with E-state index in [-0.39, 0.29) is 36.6 Å². The number of fused-ring (bicyclic) bond motifs is 2. The molecule has 0 spiro atoms. The Labute approximate surface area is 225 Å². The summed E-state index contributed by atoms with van der Waals surface area (Å²) in [4.78, 5) is 11.5. The summed E-state index contributed by atoms with van der Waals surface area (Å²) in [6.45, 7) is 7.84. The Morgan fingerprint density at radius 3 is 2.08 bits per heavy atom. The van der Waals surface area contributed by atoms with Gasteiger partial charge in [-0.05, 0) is 0 Å². The Balaban J connectivity index is 1.61. The van der Waals surface area contributed by atoms with E-state index in [2.05, 4.69) is 26.8 Å². The van der Waals surface area contributed by atoms with Crippen molar-refractivity contribution in [1.29, 1.82) is 0 Å². The molecule has 0 radical (unpaired) electrons. The second-order valence-electron chi connectivity index (χ2n) is 11.6. The fraction of sp³-hybridized carbons (Fsp3) is 0.900. The minimum atomic E-state index is -2.20. The van der Waals surface area contributed by atoms with Gasteiger partial charge in [0.05, 0.1) is 0 Å². The van der Waals surface area contributed by atoms with Crippen molar-refractivity contribution >= 4 is 24.7 Å². The molecule has 3 heterocycles.